The third-order valence-corrected chi connectivity index (χ3v) is 2.08. The number of nitrogens with two attached hydrogens (primary N) is 1. The molecule has 0 aromatic heterocycles. The van der Waals surface area contributed by atoms with E-state index in [9.17, 15) is 0 Å². The first-order valence-corrected chi connectivity index (χ1v) is 4.54. The van der Waals surface area contributed by atoms with Gasteiger partial charge in [-0.25, -0.2) is 0 Å². The van der Waals surface area contributed by atoms with Crippen LogP contribution in [0.25, 0.3) is 0 Å². The SMILES string of the molecule is Cc1ccc(N)c(CN(C)CC#N)c1. The van der Waals surface area contributed by atoms with Crippen LogP contribution in [0.3, 0.4) is 0 Å². The lowest BCUT2D eigenvalue weighted by atomic mass is 10.1. The van der Waals surface area contributed by atoms with E-state index in [0.717, 1.165) is 17.8 Å². The summed E-state index contributed by atoms with van der Waals surface area (Å²) in [5.74, 6) is 0. The van der Waals surface area contributed by atoms with Crippen molar-refractivity contribution in [2.24, 2.45) is 0 Å². The second-order valence-electron chi connectivity index (χ2n) is 3.53. The molecule has 0 aliphatic rings. The van der Waals surface area contributed by atoms with Crippen LogP contribution in [-0.2, 0) is 6.54 Å². The molecule has 0 unspecified atom stereocenters. The summed E-state index contributed by atoms with van der Waals surface area (Å²) in [5, 5.41) is 8.52. The molecule has 3 nitrogen and oxygen atoms in total. The zero-order valence-corrected chi connectivity index (χ0v) is 8.62. The van der Waals surface area contributed by atoms with Crippen LogP contribution in [-0.4, -0.2) is 18.5 Å². The van der Waals surface area contributed by atoms with Gasteiger partial charge in [0.2, 0.25) is 0 Å². The highest BCUT2D eigenvalue weighted by molar-refractivity contribution is 5.48. The van der Waals surface area contributed by atoms with Crippen LogP contribution in [0.5, 0.6) is 0 Å². The highest BCUT2D eigenvalue weighted by Crippen LogP contribution is 2.15. The molecule has 1 aromatic rings. The Kier molecular flexibility index (Phi) is 3.49. The third-order valence-electron chi connectivity index (χ3n) is 2.08. The lowest BCUT2D eigenvalue weighted by Gasteiger charge is -2.14. The summed E-state index contributed by atoms with van der Waals surface area (Å²) in [4.78, 5) is 1.94. The molecule has 0 amide bonds. The third kappa shape index (κ3) is 2.75. The van der Waals surface area contributed by atoms with Crippen molar-refractivity contribution in [3.8, 4) is 6.07 Å². The first kappa shape index (κ1) is 10.6. The summed E-state index contributed by atoms with van der Waals surface area (Å²) in [5.41, 5.74) is 8.90. The van der Waals surface area contributed by atoms with Crippen LogP contribution in [0, 0.1) is 18.3 Å². The maximum atomic E-state index is 8.52. The Morgan fingerprint density at radius 3 is 2.86 bits per heavy atom. The van der Waals surface area contributed by atoms with Gasteiger partial charge in [-0.05, 0) is 25.6 Å². The Labute approximate surface area is 84.7 Å². The van der Waals surface area contributed by atoms with E-state index < -0.39 is 0 Å². The van der Waals surface area contributed by atoms with E-state index in [0.29, 0.717) is 6.54 Å². The van der Waals surface area contributed by atoms with Gasteiger partial charge in [-0.2, -0.15) is 5.26 Å². The second kappa shape index (κ2) is 4.64. The van der Waals surface area contributed by atoms with E-state index in [1.807, 2.05) is 31.0 Å². The molecule has 2 N–H and O–H groups in total. The molecule has 1 rings (SSSR count). The minimum atomic E-state index is 0.424. The largest absolute Gasteiger partial charge is 0.398 e. The molecule has 0 saturated heterocycles. The van der Waals surface area contributed by atoms with Crippen LogP contribution in [0.1, 0.15) is 11.1 Å². The molecule has 0 saturated carbocycles. The molecule has 0 aliphatic carbocycles. The molecule has 0 atom stereocenters. The number of hydrogen-bond donors (Lipinski definition) is 1. The first-order valence-electron chi connectivity index (χ1n) is 4.54. The predicted octanol–water partition coefficient (Wildman–Crippen LogP) is 1.53. The van der Waals surface area contributed by atoms with Gasteiger partial charge in [-0.15, -0.1) is 0 Å². The molecule has 0 fully saturated rings. The van der Waals surface area contributed by atoms with Crippen LogP contribution < -0.4 is 5.73 Å². The number of hydrogen-bond acceptors (Lipinski definition) is 3. The highest BCUT2D eigenvalue weighted by Gasteiger charge is 2.03. The number of aryl methyl sites for hydroxylation is 1. The molecule has 14 heavy (non-hydrogen) atoms. The number of nitrogen functional groups attached to an aromatic ring is 1. The summed E-state index contributed by atoms with van der Waals surface area (Å²) in [6.07, 6.45) is 0. The quantitative estimate of drug-likeness (QED) is 0.579. The van der Waals surface area contributed by atoms with Crippen molar-refractivity contribution in [2.75, 3.05) is 19.3 Å². The number of nitrogens with zero attached hydrogens (tertiary/aromatic N) is 2. The van der Waals surface area contributed by atoms with Crippen molar-refractivity contribution in [1.29, 1.82) is 5.26 Å². The van der Waals surface area contributed by atoms with E-state index >= 15 is 0 Å². The van der Waals surface area contributed by atoms with Gasteiger partial charge in [-0.3, -0.25) is 4.90 Å². The van der Waals surface area contributed by atoms with E-state index in [2.05, 4.69) is 12.1 Å². The molecule has 0 spiro atoms. The first-order chi connectivity index (χ1) is 6.63. The van der Waals surface area contributed by atoms with Crippen molar-refractivity contribution in [2.45, 2.75) is 13.5 Å². The van der Waals surface area contributed by atoms with Gasteiger partial charge >= 0.3 is 0 Å². The number of nitriles is 1. The molecular weight excluding hydrogens is 174 g/mol. The van der Waals surface area contributed by atoms with Crippen molar-refractivity contribution < 1.29 is 0 Å². The average molecular weight is 189 g/mol. The number of benzene rings is 1. The van der Waals surface area contributed by atoms with E-state index in [1.54, 1.807) is 0 Å². The summed E-state index contributed by atoms with van der Waals surface area (Å²) < 4.78 is 0. The normalized spacial score (nSPS) is 10.1. The summed E-state index contributed by atoms with van der Waals surface area (Å²) in [6, 6.07) is 8.06. The van der Waals surface area contributed by atoms with Gasteiger partial charge in [0.15, 0.2) is 0 Å². The van der Waals surface area contributed by atoms with Crippen molar-refractivity contribution in [1.82, 2.24) is 4.90 Å². The van der Waals surface area contributed by atoms with E-state index in [4.69, 9.17) is 11.0 Å². The second-order valence-corrected chi connectivity index (χ2v) is 3.53. The maximum absolute atomic E-state index is 8.52. The van der Waals surface area contributed by atoms with Gasteiger partial charge in [0, 0.05) is 12.2 Å². The Balaban J connectivity index is 2.76. The standard InChI is InChI=1S/C11H15N3/c1-9-3-4-11(13)10(7-9)8-14(2)6-5-12/h3-4,7H,6,8,13H2,1-2H3. The lowest BCUT2D eigenvalue weighted by molar-refractivity contribution is 0.368. The lowest BCUT2D eigenvalue weighted by Crippen LogP contribution is -2.18. The van der Waals surface area contributed by atoms with E-state index in [1.165, 1.54) is 5.56 Å². The molecule has 0 aliphatic heterocycles. The minimum Gasteiger partial charge on any atom is -0.398 e. The van der Waals surface area contributed by atoms with Crippen molar-refractivity contribution in [3.63, 3.8) is 0 Å². The Hall–Kier alpha value is -1.53. The zero-order chi connectivity index (χ0) is 10.6. The average Bonchev–Trinajstić information content (AvgIpc) is 2.12. The Morgan fingerprint density at radius 1 is 1.50 bits per heavy atom. The maximum Gasteiger partial charge on any atom is 0.0866 e. The summed E-state index contributed by atoms with van der Waals surface area (Å²) in [6.45, 7) is 3.18. The van der Waals surface area contributed by atoms with Crippen molar-refractivity contribution >= 4 is 5.69 Å². The number of rotatable bonds is 3. The number of anilines is 1. The molecule has 1 aromatic carbocycles. The highest BCUT2D eigenvalue weighted by atomic mass is 15.1. The zero-order valence-electron chi connectivity index (χ0n) is 8.62. The molecule has 0 heterocycles. The Morgan fingerprint density at radius 2 is 2.21 bits per heavy atom. The van der Waals surface area contributed by atoms with Gasteiger partial charge in [0.25, 0.3) is 0 Å². The van der Waals surface area contributed by atoms with Gasteiger partial charge < -0.3 is 5.73 Å². The minimum absolute atomic E-state index is 0.424. The van der Waals surface area contributed by atoms with Crippen LogP contribution in [0.4, 0.5) is 5.69 Å². The molecular formula is C11H15N3. The summed E-state index contributed by atoms with van der Waals surface area (Å²) >= 11 is 0. The topological polar surface area (TPSA) is 53.0 Å². The van der Waals surface area contributed by atoms with Gasteiger partial charge in [-0.1, -0.05) is 17.7 Å². The molecule has 0 radical (unpaired) electrons. The van der Waals surface area contributed by atoms with Gasteiger partial charge in [0.1, 0.15) is 0 Å². The van der Waals surface area contributed by atoms with Gasteiger partial charge in [0.05, 0.1) is 12.6 Å². The van der Waals surface area contributed by atoms with Crippen molar-refractivity contribution in [3.05, 3.63) is 29.3 Å². The van der Waals surface area contributed by atoms with Crippen LogP contribution >= 0.6 is 0 Å². The fourth-order valence-electron chi connectivity index (χ4n) is 1.34. The van der Waals surface area contributed by atoms with Crippen LogP contribution in [0.2, 0.25) is 0 Å². The smallest absolute Gasteiger partial charge is 0.0866 e. The monoisotopic (exact) mass is 189 g/mol. The predicted molar refractivity (Wildman–Crippen MR) is 57.5 cm³/mol. The Bertz CT molecular complexity index is 352. The molecule has 3 heteroatoms. The fourth-order valence-corrected chi connectivity index (χ4v) is 1.34. The molecule has 0 bridgehead atoms. The van der Waals surface area contributed by atoms with Crippen LogP contribution in [0.15, 0.2) is 18.2 Å². The van der Waals surface area contributed by atoms with E-state index in [-0.39, 0.29) is 0 Å². The summed E-state index contributed by atoms with van der Waals surface area (Å²) in [7, 11) is 1.91. The molecule has 74 valence electrons. The fraction of sp³-hybridized carbons (Fsp3) is 0.364.